The van der Waals surface area contributed by atoms with Crippen LogP contribution in [0.4, 0.5) is 0 Å². The van der Waals surface area contributed by atoms with E-state index in [1.165, 1.54) is 0 Å². The van der Waals surface area contributed by atoms with Crippen LogP contribution in [-0.2, 0) is 0 Å². The van der Waals surface area contributed by atoms with Crippen LogP contribution >= 0.6 is 35.1 Å². The maximum Gasteiger partial charge on any atom is 0.134 e. The van der Waals surface area contributed by atoms with Crippen LogP contribution in [0.2, 0.25) is 0 Å². The summed E-state index contributed by atoms with van der Waals surface area (Å²) in [4.78, 5) is 0. The van der Waals surface area contributed by atoms with E-state index in [4.69, 9.17) is 22.1 Å². The lowest BCUT2D eigenvalue weighted by Gasteiger charge is -1.98. The Kier molecular flexibility index (Phi) is 6.08. The van der Waals surface area contributed by atoms with Crippen LogP contribution in [0.1, 0.15) is 0 Å². The Bertz CT molecular complexity index is 132. The lowest BCUT2D eigenvalue weighted by molar-refractivity contribution is 1.44. The summed E-state index contributed by atoms with van der Waals surface area (Å²) in [6.45, 7) is 0. The van der Waals surface area contributed by atoms with Gasteiger partial charge in [0.05, 0.1) is 4.58 Å². The van der Waals surface area contributed by atoms with E-state index >= 15 is 0 Å². The average Bonchev–Trinajstić information content (AvgIpc) is 1.88. The molecule has 0 aliphatic carbocycles. The van der Waals surface area contributed by atoms with Gasteiger partial charge in [-0.05, 0) is 23.5 Å². The first kappa shape index (κ1) is 8.97. The maximum atomic E-state index is 8.13. The Morgan fingerprint density at radius 3 is 2.00 bits per heavy atom. The monoisotopic (exact) mass is 178 g/mol. The molecule has 0 saturated carbocycles. The fourth-order valence-corrected chi connectivity index (χ4v) is 1.39. The summed E-state index contributed by atoms with van der Waals surface area (Å²) >= 11 is 7.41. The van der Waals surface area contributed by atoms with E-state index in [0.29, 0.717) is 5.88 Å². The van der Waals surface area contributed by atoms with Crippen LogP contribution in [0.25, 0.3) is 0 Å². The van der Waals surface area contributed by atoms with Gasteiger partial charge in [0.25, 0.3) is 0 Å². The topological polar surface area (TPSA) is 47.6 Å². The summed E-state index contributed by atoms with van der Waals surface area (Å²) in [5, 5.41) is 20.0. The van der Waals surface area contributed by atoms with Gasteiger partial charge in [0.2, 0.25) is 0 Å². The van der Waals surface area contributed by atoms with Crippen LogP contribution < -0.4 is 0 Å². The lowest BCUT2D eigenvalue weighted by Crippen LogP contribution is -1.93. The molecule has 0 unspecified atom stereocenters. The largest absolute Gasteiger partial charge is 0.185 e. The second-order valence-electron chi connectivity index (χ2n) is 1.00. The zero-order valence-electron chi connectivity index (χ0n) is 4.37. The third kappa shape index (κ3) is 4.47. The van der Waals surface area contributed by atoms with Crippen molar-refractivity contribution in [1.29, 1.82) is 10.5 Å². The van der Waals surface area contributed by atoms with Gasteiger partial charge in [-0.3, -0.25) is 0 Å². The molecule has 0 aromatic rings. The number of hydrogen-bond acceptors (Lipinski definition) is 4. The van der Waals surface area contributed by atoms with Gasteiger partial charge < -0.3 is 0 Å². The second kappa shape index (κ2) is 6.10. The molecule has 0 aromatic heterocycles. The lowest BCUT2D eigenvalue weighted by atomic mass is 10.9. The molecule has 0 bridgehead atoms. The third-order valence-corrected chi connectivity index (χ3v) is 2.82. The molecule has 0 aromatic carbocycles. The molecule has 0 spiro atoms. The van der Waals surface area contributed by atoms with Crippen molar-refractivity contribution in [1.82, 2.24) is 0 Å². The van der Waals surface area contributed by atoms with Crippen LogP contribution in [0.3, 0.4) is 0 Å². The third-order valence-electron chi connectivity index (χ3n) is 0.494. The van der Waals surface area contributed by atoms with E-state index in [2.05, 4.69) is 0 Å². The van der Waals surface area contributed by atoms with Crippen LogP contribution in [0.15, 0.2) is 0 Å². The van der Waals surface area contributed by atoms with Gasteiger partial charge in [-0.15, -0.1) is 11.6 Å². The van der Waals surface area contributed by atoms with Gasteiger partial charge in [-0.1, -0.05) is 0 Å². The number of thiocyanates is 2. The van der Waals surface area contributed by atoms with Gasteiger partial charge in [0.1, 0.15) is 10.8 Å². The highest BCUT2D eigenvalue weighted by Gasteiger charge is 2.06. The van der Waals surface area contributed by atoms with Crippen molar-refractivity contribution in [3.63, 3.8) is 0 Å². The van der Waals surface area contributed by atoms with Crippen molar-refractivity contribution in [2.45, 2.75) is 4.58 Å². The van der Waals surface area contributed by atoms with Crippen molar-refractivity contribution in [2.24, 2.45) is 0 Å². The van der Waals surface area contributed by atoms with Crippen molar-refractivity contribution in [2.75, 3.05) is 5.88 Å². The molecule has 2 nitrogen and oxygen atoms in total. The summed E-state index contributed by atoms with van der Waals surface area (Å²) < 4.78 is -0.110. The Balaban J connectivity index is 3.47. The highest BCUT2D eigenvalue weighted by molar-refractivity contribution is 8.21. The molecule has 0 atom stereocenters. The first-order chi connectivity index (χ1) is 4.35. The molecule has 0 N–H and O–H groups in total. The smallest absolute Gasteiger partial charge is 0.134 e. The van der Waals surface area contributed by atoms with Gasteiger partial charge in [-0.2, -0.15) is 10.5 Å². The average molecular weight is 179 g/mol. The minimum Gasteiger partial charge on any atom is -0.185 e. The van der Waals surface area contributed by atoms with E-state index in [9.17, 15) is 0 Å². The molecule has 0 heterocycles. The fourth-order valence-electron chi connectivity index (χ4n) is 0.205. The summed E-state index contributed by atoms with van der Waals surface area (Å²) in [5.41, 5.74) is 0. The maximum absolute atomic E-state index is 8.13. The summed E-state index contributed by atoms with van der Waals surface area (Å²) in [6.07, 6.45) is 0. The number of halogens is 1. The zero-order valence-corrected chi connectivity index (χ0v) is 6.76. The molecule has 5 heteroatoms. The first-order valence-corrected chi connectivity index (χ1v) is 4.30. The Morgan fingerprint density at radius 2 is 1.78 bits per heavy atom. The molecule has 0 radical (unpaired) electrons. The number of alkyl halides is 1. The van der Waals surface area contributed by atoms with Gasteiger partial charge in [-0.25, -0.2) is 0 Å². The second-order valence-corrected chi connectivity index (χ2v) is 3.58. The van der Waals surface area contributed by atoms with Crippen LogP contribution in [0.5, 0.6) is 0 Å². The molecule has 0 aliphatic heterocycles. The van der Waals surface area contributed by atoms with Crippen LogP contribution in [0, 0.1) is 21.3 Å². The molecule has 0 saturated heterocycles. The van der Waals surface area contributed by atoms with Crippen LogP contribution in [-0.4, -0.2) is 10.5 Å². The normalized spacial score (nSPS) is 8.44. The van der Waals surface area contributed by atoms with Gasteiger partial charge >= 0.3 is 0 Å². The van der Waals surface area contributed by atoms with Crippen molar-refractivity contribution < 1.29 is 0 Å². The number of nitriles is 2. The Morgan fingerprint density at radius 1 is 1.33 bits per heavy atom. The van der Waals surface area contributed by atoms with E-state index in [-0.39, 0.29) is 4.58 Å². The number of rotatable bonds is 3. The highest BCUT2D eigenvalue weighted by atomic mass is 35.5. The molecular formula is C4H3ClN2S2. The predicted molar refractivity (Wildman–Crippen MR) is 40.9 cm³/mol. The molecule has 48 valence electrons. The molecule has 9 heavy (non-hydrogen) atoms. The number of hydrogen-bond donors (Lipinski definition) is 0. The van der Waals surface area contributed by atoms with E-state index in [0.717, 1.165) is 23.5 Å². The minimum atomic E-state index is -0.110. The van der Waals surface area contributed by atoms with Gasteiger partial charge in [0, 0.05) is 5.88 Å². The standard InChI is InChI=1S/C4H3ClN2S2/c5-1-4(8-2-6)9-3-7/h4H,1H2. The Labute approximate surface area is 67.2 Å². The van der Waals surface area contributed by atoms with Crippen molar-refractivity contribution in [3.8, 4) is 10.8 Å². The summed E-state index contributed by atoms with van der Waals surface area (Å²) in [7, 11) is 0. The fraction of sp³-hybridized carbons (Fsp3) is 0.500. The predicted octanol–water partition coefficient (Wildman–Crippen LogP) is 1.98. The number of nitrogens with zero attached hydrogens (tertiary/aromatic N) is 2. The van der Waals surface area contributed by atoms with Crippen molar-refractivity contribution >= 4 is 35.1 Å². The van der Waals surface area contributed by atoms with E-state index in [1.54, 1.807) is 0 Å². The molecular weight excluding hydrogens is 176 g/mol. The summed E-state index contributed by atoms with van der Waals surface area (Å²) in [5.74, 6) is 0.330. The zero-order chi connectivity index (χ0) is 7.11. The van der Waals surface area contributed by atoms with E-state index in [1.807, 2.05) is 10.8 Å². The first-order valence-electron chi connectivity index (χ1n) is 2.00. The van der Waals surface area contributed by atoms with Crippen molar-refractivity contribution in [3.05, 3.63) is 0 Å². The SMILES string of the molecule is N#CSC(CCl)SC#N. The number of thioether (sulfide) groups is 2. The molecule has 0 amide bonds. The van der Waals surface area contributed by atoms with Gasteiger partial charge in [0.15, 0.2) is 0 Å². The molecule has 0 fully saturated rings. The highest BCUT2D eigenvalue weighted by Crippen LogP contribution is 2.22. The molecule has 0 aliphatic rings. The summed E-state index contributed by atoms with van der Waals surface area (Å²) in [6, 6.07) is 0. The minimum absolute atomic E-state index is 0.110. The quantitative estimate of drug-likeness (QED) is 0.377. The molecule has 0 rings (SSSR count). The Hall–Kier alpha value is -0.0300. The van der Waals surface area contributed by atoms with E-state index < -0.39 is 0 Å².